The van der Waals surface area contributed by atoms with E-state index in [0.29, 0.717) is 12.6 Å². The predicted octanol–water partition coefficient (Wildman–Crippen LogP) is 2.85. The predicted molar refractivity (Wildman–Crippen MR) is 87.3 cm³/mol. The van der Waals surface area contributed by atoms with Crippen LogP contribution in [-0.4, -0.2) is 43.2 Å². The van der Waals surface area contributed by atoms with E-state index < -0.39 is 0 Å². The third-order valence-electron chi connectivity index (χ3n) is 4.44. The summed E-state index contributed by atoms with van der Waals surface area (Å²) in [6.45, 7) is 12.1. The van der Waals surface area contributed by atoms with Crippen molar-refractivity contribution in [3.05, 3.63) is 29.6 Å². The van der Waals surface area contributed by atoms with Crippen LogP contribution in [0.4, 0.5) is 10.1 Å². The first kappa shape index (κ1) is 16.2. The smallest absolute Gasteiger partial charge is 0.129 e. The lowest BCUT2D eigenvalue weighted by Gasteiger charge is -2.46. The molecule has 3 nitrogen and oxygen atoms in total. The van der Waals surface area contributed by atoms with Crippen molar-refractivity contribution in [2.75, 3.05) is 31.6 Å². The van der Waals surface area contributed by atoms with Crippen LogP contribution < -0.4 is 10.2 Å². The summed E-state index contributed by atoms with van der Waals surface area (Å²) in [6.07, 6.45) is 0. The Balaban J connectivity index is 2.25. The minimum atomic E-state index is -0.114. The van der Waals surface area contributed by atoms with Crippen molar-refractivity contribution in [1.82, 2.24) is 10.2 Å². The number of likely N-dealkylation sites (N-methyl/N-ethyl adjacent to an activating group) is 1. The summed E-state index contributed by atoms with van der Waals surface area (Å²) in [4.78, 5) is 4.69. The Morgan fingerprint density at radius 3 is 2.62 bits per heavy atom. The molecule has 0 spiro atoms. The minimum Gasteiger partial charge on any atom is -0.368 e. The zero-order valence-electron chi connectivity index (χ0n) is 13.9. The SMILES string of the molecule is CC(C)NCc1c(F)cccc1N1CCN(C)C(C)(C)C1. The second kappa shape index (κ2) is 6.32. The maximum atomic E-state index is 14.2. The van der Waals surface area contributed by atoms with E-state index in [1.165, 1.54) is 0 Å². The summed E-state index contributed by atoms with van der Waals surface area (Å²) < 4.78 is 14.2. The molecule has 0 unspecified atom stereocenters. The lowest BCUT2D eigenvalue weighted by atomic mass is 9.98. The first-order chi connectivity index (χ1) is 9.81. The highest BCUT2D eigenvalue weighted by Gasteiger charge is 2.32. The van der Waals surface area contributed by atoms with E-state index in [2.05, 4.69) is 49.9 Å². The van der Waals surface area contributed by atoms with E-state index in [9.17, 15) is 4.39 Å². The molecule has 4 heteroatoms. The lowest BCUT2D eigenvalue weighted by Crippen LogP contribution is -2.58. The number of halogens is 1. The quantitative estimate of drug-likeness (QED) is 0.921. The standard InChI is InChI=1S/C17H28FN3/c1-13(2)19-11-14-15(18)7-6-8-16(14)21-10-9-20(5)17(3,4)12-21/h6-8,13,19H,9-12H2,1-5H3. The molecule has 0 bridgehead atoms. The van der Waals surface area contributed by atoms with Crippen molar-refractivity contribution >= 4 is 5.69 Å². The molecule has 0 atom stereocenters. The highest BCUT2D eigenvalue weighted by atomic mass is 19.1. The summed E-state index contributed by atoms with van der Waals surface area (Å²) in [5.41, 5.74) is 1.92. The Morgan fingerprint density at radius 2 is 2.00 bits per heavy atom. The van der Waals surface area contributed by atoms with Crippen LogP contribution in [0, 0.1) is 5.82 Å². The van der Waals surface area contributed by atoms with Crippen LogP contribution in [0.3, 0.4) is 0 Å². The Labute approximate surface area is 128 Å². The number of nitrogens with zero attached hydrogens (tertiary/aromatic N) is 2. The van der Waals surface area contributed by atoms with Gasteiger partial charge in [-0.2, -0.15) is 0 Å². The highest BCUT2D eigenvalue weighted by molar-refractivity contribution is 5.55. The van der Waals surface area contributed by atoms with Crippen LogP contribution in [-0.2, 0) is 6.54 Å². The molecule has 0 amide bonds. The number of benzene rings is 1. The van der Waals surface area contributed by atoms with E-state index in [4.69, 9.17) is 0 Å². The van der Waals surface area contributed by atoms with Gasteiger partial charge in [0.2, 0.25) is 0 Å². The van der Waals surface area contributed by atoms with Crippen LogP contribution in [0.2, 0.25) is 0 Å². The van der Waals surface area contributed by atoms with E-state index in [1.807, 2.05) is 12.1 Å². The molecule has 1 saturated heterocycles. The van der Waals surface area contributed by atoms with Crippen LogP contribution in [0.15, 0.2) is 18.2 Å². The third-order valence-corrected chi connectivity index (χ3v) is 4.44. The number of nitrogens with one attached hydrogen (secondary N) is 1. The molecule has 1 aliphatic heterocycles. The molecule has 1 aromatic carbocycles. The molecular weight excluding hydrogens is 265 g/mol. The Hall–Kier alpha value is -1.13. The molecule has 1 aliphatic rings. The monoisotopic (exact) mass is 293 g/mol. The van der Waals surface area contributed by atoms with Gasteiger partial charge < -0.3 is 10.2 Å². The molecule has 118 valence electrons. The summed E-state index contributed by atoms with van der Waals surface area (Å²) in [5.74, 6) is -0.114. The van der Waals surface area contributed by atoms with Crippen molar-refractivity contribution in [1.29, 1.82) is 0 Å². The number of rotatable bonds is 4. The van der Waals surface area contributed by atoms with Gasteiger partial charge in [0.05, 0.1) is 0 Å². The largest absolute Gasteiger partial charge is 0.368 e. The normalized spacial score (nSPS) is 19.3. The highest BCUT2D eigenvalue weighted by Crippen LogP contribution is 2.28. The van der Waals surface area contributed by atoms with Gasteiger partial charge >= 0.3 is 0 Å². The van der Waals surface area contributed by atoms with Gasteiger partial charge in [0.1, 0.15) is 5.82 Å². The molecule has 2 rings (SSSR count). The number of piperazine rings is 1. The minimum absolute atomic E-state index is 0.104. The summed E-state index contributed by atoms with van der Waals surface area (Å²) in [5, 5.41) is 3.33. The van der Waals surface area contributed by atoms with Gasteiger partial charge in [0, 0.05) is 49.0 Å². The zero-order valence-corrected chi connectivity index (χ0v) is 13.9. The van der Waals surface area contributed by atoms with E-state index in [1.54, 1.807) is 6.07 Å². The average Bonchev–Trinajstić information content (AvgIpc) is 2.40. The first-order valence-corrected chi connectivity index (χ1v) is 7.78. The second-order valence-corrected chi connectivity index (χ2v) is 6.93. The average molecular weight is 293 g/mol. The number of hydrogen-bond acceptors (Lipinski definition) is 3. The fourth-order valence-electron chi connectivity index (χ4n) is 2.77. The van der Waals surface area contributed by atoms with E-state index in [-0.39, 0.29) is 11.4 Å². The van der Waals surface area contributed by atoms with Gasteiger partial charge in [0.15, 0.2) is 0 Å². The van der Waals surface area contributed by atoms with E-state index >= 15 is 0 Å². The second-order valence-electron chi connectivity index (χ2n) is 6.93. The van der Waals surface area contributed by atoms with Crippen LogP contribution in [0.1, 0.15) is 33.3 Å². The van der Waals surface area contributed by atoms with Crippen molar-refractivity contribution in [3.8, 4) is 0 Å². The van der Waals surface area contributed by atoms with Crippen molar-refractivity contribution in [3.63, 3.8) is 0 Å². The topological polar surface area (TPSA) is 18.5 Å². The number of hydrogen-bond donors (Lipinski definition) is 1. The number of anilines is 1. The molecule has 0 aliphatic carbocycles. The molecule has 0 radical (unpaired) electrons. The summed E-state index contributed by atoms with van der Waals surface area (Å²) >= 11 is 0. The molecule has 0 saturated carbocycles. The van der Waals surface area contributed by atoms with Crippen molar-refractivity contribution in [2.24, 2.45) is 0 Å². The van der Waals surface area contributed by atoms with Crippen LogP contribution in [0.5, 0.6) is 0 Å². The summed E-state index contributed by atoms with van der Waals surface area (Å²) in [6, 6.07) is 5.76. The lowest BCUT2D eigenvalue weighted by molar-refractivity contribution is 0.138. The van der Waals surface area contributed by atoms with Crippen LogP contribution in [0.25, 0.3) is 0 Å². The molecular formula is C17H28FN3. The molecule has 1 fully saturated rings. The van der Waals surface area contributed by atoms with Gasteiger partial charge in [0.25, 0.3) is 0 Å². The Bertz CT molecular complexity index is 485. The zero-order chi connectivity index (χ0) is 15.6. The first-order valence-electron chi connectivity index (χ1n) is 7.78. The van der Waals surface area contributed by atoms with Crippen molar-refractivity contribution in [2.45, 2.75) is 45.8 Å². The molecule has 0 aromatic heterocycles. The molecule has 1 aromatic rings. The van der Waals surface area contributed by atoms with Crippen molar-refractivity contribution < 1.29 is 4.39 Å². The fraction of sp³-hybridized carbons (Fsp3) is 0.647. The van der Waals surface area contributed by atoms with Gasteiger partial charge in [-0.15, -0.1) is 0 Å². The molecule has 21 heavy (non-hydrogen) atoms. The van der Waals surface area contributed by atoms with Gasteiger partial charge in [-0.25, -0.2) is 4.39 Å². The van der Waals surface area contributed by atoms with Gasteiger partial charge in [-0.05, 0) is 33.0 Å². The summed E-state index contributed by atoms with van der Waals surface area (Å²) in [7, 11) is 2.16. The maximum Gasteiger partial charge on any atom is 0.129 e. The van der Waals surface area contributed by atoms with Gasteiger partial charge in [-0.1, -0.05) is 19.9 Å². The fourth-order valence-corrected chi connectivity index (χ4v) is 2.77. The van der Waals surface area contributed by atoms with Gasteiger partial charge in [-0.3, -0.25) is 4.90 Å². The molecule has 1 heterocycles. The third kappa shape index (κ3) is 3.74. The Kier molecular flexibility index (Phi) is 4.89. The maximum absolute atomic E-state index is 14.2. The Morgan fingerprint density at radius 1 is 1.29 bits per heavy atom. The van der Waals surface area contributed by atoms with E-state index in [0.717, 1.165) is 30.9 Å². The molecule has 1 N–H and O–H groups in total. The van der Waals surface area contributed by atoms with Crippen LogP contribution >= 0.6 is 0 Å².